The molecule has 2 aliphatic rings. The second kappa shape index (κ2) is 15.5. The predicted molar refractivity (Wildman–Crippen MR) is 182 cm³/mol. The van der Waals surface area contributed by atoms with Gasteiger partial charge in [-0.3, -0.25) is 14.5 Å². The number of anilines is 1. The molecular weight excluding hydrogens is 641 g/mol. The molecule has 1 aliphatic heterocycles. The van der Waals surface area contributed by atoms with Crippen molar-refractivity contribution >= 4 is 85.9 Å². The zero-order chi connectivity index (χ0) is 30.2. The van der Waals surface area contributed by atoms with Gasteiger partial charge in [0.2, 0.25) is 5.91 Å². The topological polar surface area (TPSA) is 71.5 Å². The summed E-state index contributed by atoms with van der Waals surface area (Å²) in [5.74, 6) is 0.667. The lowest BCUT2D eigenvalue weighted by Gasteiger charge is -2.23. The molecule has 2 fully saturated rings. The number of benzene rings is 2. The van der Waals surface area contributed by atoms with Crippen LogP contribution in [0.4, 0.5) is 5.13 Å². The second-order valence-corrected chi connectivity index (χ2v) is 14.2. The largest absolute Gasteiger partial charge is 0.490 e. The van der Waals surface area contributed by atoms with E-state index in [4.69, 9.17) is 40.2 Å². The van der Waals surface area contributed by atoms with Gasteiger partial charge in [0.25, 0.3) is 5.91 Å². The number of carbonyl (C=O) groups is 2. The summed E-state index contributed by atoms with van der Waals surface area (Å²) < 4.78 is 6.88. The number of nitrogens with zero attached hydrogens (tertiary/aromatic N) is 2. The number of amides is 2. The highest BCUT2D eigenvalue weighted by Crippen LogP contribution is 2.35. The molecule has 1 saturated heterocycles. The Hall–Kier alpha value is -2.43. The second-order valence-electron chi connectivity index (χ2n) is 10.6. The van der Waals surface area contributed by atoms with Crippen molar-refractivity contribution in [1.82, 2.24) is 9.88 Å². The normalized spacial score (nSPS) is 16.7. The number of hydrogen-bond acceptors (Lipinski definition) is 7. The number of unbranched alkanes of at least 4 members (excludes halogenated alkanes) is 2. The summed E-state index contributed by atoms with van der Waals surface area (Å²) in [5.41, 5.74) is 1.82. The van der Waals surface area contributed by atoms with Gasteiger partial charge in [-0.05, 0) is 62.3 Å². The number of ether oxygens (including phenoxy) is 1. The highest BCUT2D eigenvalue weighted by atomic mass is 35.5. The standard InChI is InChI=1S/C32H33Cl2N3O3S3/c33-25-14-9-11-22(29(25)34)18-24-20-35-31(42-24)36-28(38)16-5-2-8-17-37-30(39)27(43-32(37)41)19-21-10-6-7-15-26(21)40-23-12-3-1-4-13-23/h6-7,9-11,14-15,19-20,23H,1-5,8,12-13,16-18H2,(H,35,36,38)/b27-19-. The van der Waals surface area contributed by atoms with Crippen molar-refractivity contribution < 1.29 is 14.3 Å². The molecular formula is C32H33Cl2N3O3S3. The molecule has 6 nitrogen and oxygen atoms in total. The lowest BCUT2D eigenvalue weighted by Crippen LogP contribution is -2.29. The molecule has 1 N–H and O–H groups in total. The van der Waals surface area contributed by atoms with Crippen molar-refractivity contribution in [3.8, 4) is 5.75 Å². The molecule has 2 aromatic carbocycles. The molecule has 226 valence electrons. The molecule has 2 heterocycles. The highest BCUT2D eigenvalue weighted by Gasteiger charge is 2.31. The van der Waals surface area contributed by atoms with Gasteiger partial charge in [0.15, 0.2) is 5.13 Å². The number of halogens is 2. The highest BCUT2D eigenvalue weighted by molar-refractivity contribution is 8.26. The van der Waals surface area contributed by atoms with Crippen molar-refractivity contribution in [3.63, 3.8) is 0 Å². The SMILES string of the molecule is O=C(CCCCCN1C(=O)/C(=C/c2ccccc2OC2CCCCC2)SC1=S)Nc1ncc(Cc2cccc(Cl)c2Cl)s1. The number of thioether (sulfide) groups is 1. The van der Waals surface area contributed by atoms with Gasteiger partial charge in [-0.15, -0.1) is 11.3 Å². The monoisotopic (exact) mass is 673 g/mol. The zero-order valence-corrected chi connectivity index (χ0v) is 27.6. The van der Waals surface area contributed by atoms with E-state index in [0.29, 0.717) is 50.2 Å². The van der Waals surface area contributed by atoms with Crippen molar-refractivity contribution in [3.05, 3.63) is 79.6 Å². The number of aromatic nitrogens is 1. The van der Waals surface area contributed by atoms with E-state index in [2.05, 4.69) is 10.3 Å². The van der Waals surface area contributed by atoms with Crippen LogP contribution in [0.1, 0.15) is 73.8 Å². The number of thiocarbonyl (C=S) groups is 1. The Morgan fingerprint density at radius 1 is 1.09 bits per heavy atom. The summed E-state index contributed by atoms with van der Waals surface area (Å²) in [4.78, 5) is 33.2. The minimum absolute atomic E-state index is 0.0705. The van der Waals surface area contributed by atoms with Crippen LogP contribution in [0.15, 0.2) is 53.6 Å². The Balaban J connectivity index is 1.05. The molecule has 3 aromatic rings. The number of hydrogen-bond donors (Lipinski definition) is 1. The van der Waals surface area contributed by atoms with Crippen LogP contribution in [0, 0.1) is 0 Å². The molecule has 11 heteroatoms. The van der Waals surface area contributed by atoms with Crippen molar-refractivity contribution in [1.29, 1.82) is 0 Å². The fraction of sp³-hybridized carbons (Fsp3) is 0.375. The summed E-state index contributed by atoms with van der Waals surface area (Å²) in [6.07, 6.45) is 12.9. The molecule has 1 saturated carbocycles. The van der Waals surface area contributed by atoms with Crippen LogP contribution in [-0.4, -0.2) is 38.7 Å². The first-order valence-electron chi connectivity index (χ1n) is 14.6. The molecule has 0 spiro atoms. The molecule has 43 heavy (non-hydrogen) atoms. The summed E-state index contributed by atoms with van der Waals surface area (Å²) in [6, 6.07) is 13.4. The number of carbonyl (C=O) groups excluding carboxylic acids is 2. The molecule has 2 amide bonds. The van der Waals surface area contributed by atoms with Gasteiger partial charge in [-0.2, -0.15) is 0 Å². The van der Waals surface area contributed by atoms with Crippen LogP contribution in [0.3, 0.4) is 0 Å². The van der Waals surface area contributed by atoms with Crippen molar-refractivity contribution in [2.45, 2.75) is 70.3 Å². The van der Waals surface area contributed by atoms with E-state index in [1.807, 2.05) is 42.5 Å². The van der Waals surface area contributed by atoms with Gasteiger partial charge >= 0.3 is 0 Å². The minimum atomic E-state index is -0.0793. The van der Waals surface area contributed by atoms with Crippen LogP contribution in [0.2, 0.25) is 10.0 Å². The third kappa shape index (κ3) is 8.82. The predicted octanol–water partition coefficient (Wildman–Crippen LogP) is 9.15. The third-order valence-corrected chi connectivity index (χ3v) is 10.6. The molecule has 0 atom stereocenters. The van der Waals surface area contributed by atoms with E-state index in [-0.39, 0.29) is 17.9 Å². The van der Waals surface area contributed by atoms with Gasteiger partial charge < -0.3 is 10.1 Å². The molecule has 0 unspecified atom stereocenters. The molecule has 0 bridgehead atoms. The number of thiazole rings is 1. The quantitative estimate of drug-likeness (QED) is 0.117. The Morgan fingerprint density at radius 3 is 2.74 bits per heavy atom. The first-order valence-corrected chi connectivity index (χ1v) is 17.4. The maximum atomic E-state index is 13.2. The number of nitrogens with one attached hydrogen (secondary N) is 1. The fourth-order valence-corrected chi connectivity index (χ4v) is 7.68. The Bertz CT molecular complexity index is 1500. The van der Waals surface area contributed by atoms with Crippen LogP contribution >= 0.6 is 58.5 Å². The van der Waals surface area contributed by atoms with Gasteiger partial charge in [-0.25, -0.2) is 4.98 Å². The lowest BCUT2D eigenvalue weighted by molar-refractivity contribution is -0.122. The average Bonchev–Trinajstić information content (AvgIpc) is 3.55. The minimum Gasteiger partial charge on any atom is -0.490 e. The average molecular weight is 675 g/mol. The van der Waals surface area contributed by atoms with E-state index >= 15 is 0 Å². The van der Waals surface area contributed by atoms with E-state index in [1.165, 1.54) is 42.4 Å². The van der Waals surface area contributed by atoms with E-state index in [1.54, 1.807) is 17.2 Å². The smallest absolute Gasteiger partial charge is 0.266 e. The van der Waals surface area contributed by atoms with Crippen LogP contribution in [-0.2, 0) is 16.0 Å². The summed E-state index contributed by atoms with van der Waals surface area (Å²) in [7, 11) is 0. The van der Waals surface area contributed by atoms with Gasteiger partial charge in [0, 0.05) is 36.0 Å². The first kappa shape index (κ1) is 32.0. The zero-order valence-electron chi connectivity index (χ0n) is 23.7. The van der Waals surface area contributed by atoms with E-state index in [9.17, 15) is 9.59 Å². The van der Waals surface area contributed by atoms with Crippen LogP contribution in [0.5, 0.6) is 5.75 Å². The van der Waals surface area contributed by atoms with E-state index in [0.717, 1.165) is 47.4 Å². The Kier molecular flexibility index (Phi) is 11.5. The maximum Gasteiger partial charge on any atom is 0.266 e. The van der Waals surface area contributed by atoms with E-state index < -0.39 is 0 Å². The summed E-state index contributed by atoms with van der Waals surface area (Å²) in [6.45, 7) is 0.533. The molecule has 1 aromatic heterocycles. The third-order valence-electron chi connectivity index (χ3n) is 7.41. The lowest BCUT2D eigenvalue weighted by atomic mass is 9.97. The van der Waals surface area contributed by atoms with Gasteiger partial charge in [0.05, 0.1) is 21.1 Å². The van der Waals surface area contributed by atoms with Gasteiger partial charge in [-0.1, -0.05) is 90.4 Å². The maximum absolute atomic E-state index is 13.2. The first-order chi connectivity index (χ1) is 20.9. The Labute approximate surface area is 276 Å². The van der Waals surface area contributed by atoms with Crippen molar-refractivity contribution in [2.75, 3.05) is 11.9 Å². The van der Waals surface area contributed by atoms with Crippen molar-refractivity contribution in [2.24, 2.45) is 0 Å². The van der Waals surface area contributed by atoms with Crippen LogP contribution in [0.25, 0.3) is 6.08 Å². The van der Waals surface area contributed by atoms with Gasteiger partial charge in [0.1, 0.15) is 10.1 Å². The molecule has 1 aliphatic carbocycles. The van der Waals surface area contributed by atoms with Crippen LogP contribution < -0.4 is 10.1 Å². The summed E-state index contributed by atoms with van der Waals surface area (Å²) in [5, 5.41) is 4.50. The fourth-order valence-electron chi connectivity index (χ4n) is 5.14. The molecule has 0 radical (unpaired) electrons. The molecule has 5 rings (SSSR count). The number of rotatable bonds is 12. The number of para-hydroxylation sites is 1. The summed E-state index contributed by atoms with van der Waals surface area (Å²) >= 11 is 20.7. The Morgan fingerprint density at radius 2 is 1.91 bits per heavy atom.